The lowest BCUT2D eigenvalue weighted by molar-refractivity contribution is -0.140. The molecule has 2 saturated heterocycles. The molecule has 2 unspecified atom stereocenters. The number of hydrogen-bond donors (Lipinski definition) is 0. The lowest BCUT2D eigenvalue weighted by Gasteiger charge is -2.37. The number of hydrogen-bond acceptors (Lipinski definition) is 18. The summed E-state index contributed by atoms with van der Waals surface area (Å²) in [5.74, 6) is -1.42. The van der Waals surface area contributed by atoms with E-state index in [-0.39, 0.29) is 36.4 Å². The highest BCUT2D eigenvalue weighted by atomic mass is 16.5. The van der Waals surface area contributed by atoms with E-state index in [0.29, 0.717) is 73.7 Å². The van der Waals surface area contributed by atoms with E-state index in [0.717, 1.165) is 142 Å². The fourth-order valence-corrected chi connectivity index (χ4v) is 10.1. The minimum atomic E-state index is -0.708. The number of carbonyl (C=O) groups excluding carboxylic acids is 2. The van der Waals surface area contributed by atoms with E-state index in [2.05, 4.69) is 144 Å². The summed E-state index contributed by atoms with van der Waals surface area (Å²) in [4.78, 5) is 50.2. The molecular weight excluding hydrogens is 933 g/mol. The molecule has 4 aliphatic rings. The average Bonchev–Trinajstić information content (AvgIpc) is 4.14. The zero-order valence-electron chi connectivity index (χ0n) is 47.3. The number of likely N-dealkylation sites (tertiary alicyclic amines) is 2. The number of unbranched alkanes of at least 4 members (excludes halogenated alkanes) is 3. The first-order valence-electron chi connectivity index (χ1n) is 27.3. The van der Waals surface area contributed by atoms with Crippen LogP contribution in [0.2, 0.25) is 0 Å². The van der Waals surface area contributed by atoms with Crippen molar-refractivity contribution in [1.29, 1.82) is 21.0 Å². The molecule has 410 valence electrons. The van der Waals surface area contributed by atoms with Crippen LogP contribution in [0.3, 0.4) is 0 Å². The number of allylic oxidation sites excluding steroid dienone is 2. The van der Waals surface area contributed by atoms with Gasteiger partial charge in [0.15, 0.2) is 0 Å². The highest BCUT2D eigenvalue weighted by molar-refractivity contribution is 5.95. The van der Waals surface area contributed by atoms with Crippen LogP contribution in [-0.2, 0) is 19.1 Å². The summed E-state index contributed by atoms with van der Waals surface area (Å²) in [7, 11) is 21.1. The third kappa shape index (κ3) is 19.7. The number of rotatable bonds is 31. The van der Waals surface area contributed by atoms with Crippen molar-refractivity contribution in [3.63, 3.8) is 0 Å². The van der Waals surface area contributed by atoms with E-state index in [1.54, 1.807) is 0 Å². The van der Waals surface area contributed by atoms with Gasteiger partial charge in [-0.2, -0.15) is 21.0 Å². The standard InChI is InChI=1S/C56H92N14O4/c1-61(2)23-25-63(5)27-29-65(7)31-33-67(9)45-37-47(49(41-57)53(39-45)69-19-13-14-20-69)51(43-59)55(71)73-35-17-11-12-18-36-74-56(72)52(44-60)48-38-46(40-54(50(48)42-58)70-21-15-16-22-70)68(10)34-32-66(8)30-28-64(6)26-24-62(3)4/h45-46H,11-40H2,1-10H3/b51-47+,52-48+. The fraction of sp³-hybridized carbons (Fsp3) is 0.750. The predicted octanol–water partition coefficient (Wildman–Crippen LogP) is 4.06. The Labute approximate surface area is 446 Å². The second-order valence-electron chi connectivity index (χ2n) is 21.8. The molecule has 0 radical (unpaired) electrons. The van der Waals surface area contributed by atoms with Gasteiger partial charge < -0.3 is 58.5 Å². The summed E-state index contributed by atoms with van der Waals surface area (Å²) in [5.41, 5.74) is 3.45. The van der Waals surface area contributed by atoms with Gasteiger partial charge in [0.2, 0.25) is 0 Å². The number of esters is 2. The van der Waals surface area contributed by atoms with Gasteiger partial charge in [-0.25, -0.2) is 9.59 Å². The van der Waals surface area contributed by atoms with Crippen LogP contribution < -0.4 is 0 Å². The zero-order chi connectivity index (χ0) is 54.2. The predicted molar refractivity (Wildman–Crippen MR) is 291 cm³/mol. The lowest BCUT2D eigenvalue weighted by Crippen LogP contribution is -2.42. The molecule has 0 amide bonds. The van der Waals surface area contributed by atoms with Gasteiger partial charge in [0.1, 0.15) is 35.4 Å². The molecule has 0 bridgehead atoms. The maximum Gasteiger partial charge on any atom is 0.349 e. The van der Waals surface area contributed by atoms with E-state index in [9.17, 15) is 30.6 Å². The van der Waals surface area contributed by atoms with Gasteiger partial charge in [0, 0.05) is 141 Å². The van der Waals surface area contributed by atoms with Gasteiger partial charge in [-0.15, -0.1) is 0 Å². The van der Waals surface area contributed by atoms with Gasteiger partial charge in [-0.3, -0.25) is 0 Å². The molecule has 2 atom stereocenters. The zero-order valence-corrected chi connectivity index (χ0v) is 47.3. The van der Waals surface area contributed by atoms with E-state index in [1.165, 1.54) is 0 Å². The first-order valence-corrected chi connectivity index (χ1v) is 27.3. The third-order valence-corrected chi connectivity index (χ3v) is 15.4. The molecule has 0 aromatic carbocycles. The van der Waals surface area contributed by atoms with Crippen molar-refractivity contribution in [3.8, 4) is 24.3 Å². The summed E-state index contributed by atoms with van der Waals surface area (Å²) < 4.78 is 11.4. The first-order chi connectivity index (χ1) is 35.5. The van der Waals surface area contributed by atoms with Crippen LogP contribution in [0.5, 0.6) is 0 Å². The van der Waals surface area contributed by atoms with Crippen molar-refractivity contribution < 1.29 is 19.1 Å². The molecular formula is C56H92N14O4. The van der Waals surface area contributed by atoms with Gasteiger partial charge >= 0.3 is 11.9 Å². The maximum atomic E-state index is 13.6. The van der Waals surface area contributed by atoms with Crippen molar-refractivity contribution in [2.75, 3.05) is 188 Å². The summed E-state index contributed by atoms with van der Waals surface area (Å²) in [5, 5.41) is 41.9. The third-order valence-electron chi connectivity index (χ3n) is 15.4. The van der Waals surface area contributed by atoms with Crippen LogP contribution in [0.25, 0.3) is 0 Å². The van der Waals surface area contributed by atoms with Crippen LogP contribution >= 0.6 is 0 Å². The van der Waals surface area contributed by atoms with Crippen molar-refractivity contribution in [2.24, 2.45) is 0 Å². The summed E-state index contributed by atoms with van der Waals surface area (Å²) in [6, 6.07) is 9.07. The molecule has 18 nitrogen and oxygen atoms in total. The second-order valence-corrected chi connectivity index (χ2v) is 21.8. The van der Waals surface area contributed by atoms with E-state index >= 15 is 0 Å². The molecule has 0 aromatic rings. The molecule has 2 aliphatic heterocycles. The summed E-state index contributed by atoms with van der Waals surface area (Å²) in [6.45, 7) is 14.9. The molecule has 4 rings (SSSR count). The Morgan fingerprint density at radius 3 is 1.07 bits per heavy atom. The minimum Gasteiger partial charge on any atom is -0.462 e. The Morgan fingerprint density at radius 1 is 0.459 bits per heavy atom. The van der Waals surface area contributed by atoms with Crippen LogP contribution in [0.4, 0.5) is 0 Å². The normalized spacial score (nSPS) is 19.9. The molecule has 0 saturated carbocycles. The number of ether oxygens (including phenoxy) is 2. The van der Waals surface area contributed by atoms with Crippen molar-refractivity contribution in [1.82, 2.24) is 49.0 Å². The van der Waals surface area contributed by atoms with Gasteiger partial charge in [0.05, 0.1) is 24.4 Å². The highest BCUT2D eigenvalue weighted by Gasteiger charge is 2.36. The smallest absolute Gasteiger partial charge is 0.349 e. The first kappa shape index (κ1) is 61.7. The van der Waals surface area contributed by atoms with Crippen LogP contribution in [0.1, 0.15) is 77.0 Å². The Kier molecular flexibility index (Phi) is 27.1. The minimum absolute atomic E-state index is 0.0153. The topological polar surface area (TPSA) is 180 Å². The van der Waals surface area contributed by atoms with E-state index < -0.39 is 11.9 Å². The van der Waals surface area contributed by atoms with Gasteiger partial charge in [-0.05, 0) is 146 Å². The molecule has 18 heteroatoms. The number of carbonyl (C=O) groups is 2. The number of likely N-dealkylation sites (N-methyl/N-ethyl adjacent to an activating group) is 8. The van der Waals surface area contributed by atoms with Crippen molar-refractivity contribution in [3.05, 3.63) is 44.8 Å². The average molecular weight is 1030 g/mol. The number of nitrogens with zero attached hydrogens (tertiary/aromatic N) is 14. The molecule has 2 aliphatic carbocycles. The molecule has 0 N–H and O–H groups in total. The quantitative estimate of drug-likeness (QED) is 0.0420. The lowest BCUT2D eigenvalue weighted by atomic mass is 9.84. The second kappa shape index (κ2) is 32.6. The van der Waals surface area contributed by atoms with Gasteiger partial charge in [-0.1, -0.05) is 0 Å². The molecule has 74 heavy (non-hydrogen) atoms. The Balaban J connectivity index is 1.31. The summed E-state index contributed by atoms with van der Waals surface area (Å²) in [6.07, 6.45) is 8.80. The maximum absolute atomic E-state index is 13.6. The molecule has 0 aromatic heterocycles. The monoisotopic (exact) mass is 1020 g/mol. The highest BCUT2D eigenvalue weighted by Crippen LogP contribution is 2.39. The van der Waals surface area contributed by atoms with Crippen LogP contribution in [-0.4, -0.2) is 261 Å². The Morgan fingerprint density at radius 2 is 0.770 bits per heavy atom. The van der Waals surface area contributed by atoms with Crippen molar-refractivity contribution in [2.45, 2.75) is 89.1 Å². The molecule has 2 heterocycles. The van der Waals surface area contributed by atoms with Crippen LogP contribution in [0.15, 0.2) is 44.8 Å². The molecule has 0 spiro atoms. The fourth-order valence-electron chi connectivity index (χ4n) is 10.1. The largest absolute Gasteiger partial charge is 0.462 e. The number of nitriles is 4. The van der Waals surface area contributed by atoms with Crippen molar-refractivity contribution >= 4 is 11.9 Å². The van der Waals surface area contributed by atoms with Gasteiger partial charge in [0.25, 0.3) is 0 Å². The summed E-state index contributed by atoms with van der Waals surface area (Å²) >= 11 is 0. The van der Waals surface area contributed by atoms with E-state index in [4.69, 9.17) is 9.47 Å². The SMILES string of the molecule is CN(C)CCN(C)CCN(C)CCN(C)C1CC(N2CCCC2)=C(C#N)/C(=C(\C#N)C(=O)OCCCCCCOC(=O)/C(C#N)=C2\CC(N(C)CCN(C)CCN(C)CCN(C)C)CC(N3CCCC3)=C2C#N)C1. The Hall–Kier alpha value is -4.86. The van der Waals surface area contributed by atoms with E-state index in [1.807, 2.05) is 0 Å². The van der Waals surface area contributed by atoms with Crippen LogP contribution in [0, 0.1) is 45.3 Å². The molecule has 2 fully saturated rings. The Bertz CT molecular complexity index is 1960.